The fraction of sp³-hybridized carbons (Fsp3) is 0.375. The van der Waals surface area contributed by atoms with Gasteiger partial charge in [-0.25, -0.2) is 9.59 Å². The third-order valence-electron chi connectivity index (χ3n) is 3.74. The molecule has 0 atom stereocenters. The molecule has 0 aliphatic heterocycles. The molecule has 4 nitrogen and oxygen atoms in total. The molecular weight excluding hydrogens is 256 g/mol. The lowest BCUT2D eigenvalue weighted by molar-refractivity contribution is -0.0113. The number of aromatic carboxylic acids is 1. The van der Waals surface area contributed by atoms with Crippen molar-refractivity contribution in [1.29, 1.82) is 0 Å². The number of rotatable bonds is 4. The molecule has 0 heterocycles. The van der Waals surface area contributed by atoms with Gasteiger partial charge in [-0.05, 0) is 56.0 Å². The molecule has 2 rings (SSSR count). The zero-order valence-corrected chi connectivity index (χ0v) is 11.3. The Morgan fingerprint density at radius 1 is 1.10 bits per heavy atom. The van der Waals surface area contributed by atoms with Crippen LogP contribution in [0.4, 0.5) is 0 Å². The van der Waals surface area contributed by atoms with Gasteiger partial charge in [-0.2, -0.15) is 0 Å². The fourth-order valence-electron chi connectivity index (χ4n) is 2.49. The minimum Gasteiger partial charge on any atom is -0.478 e. The van der Waals surface area contributed by atoms with E-state index in [1.165, 1.54) is 24.3 Å². The molecule has 0 aromatic heterocycles. The summed E-state index contributed by atoms with van der Waals surface area (Å²) in [6.07, 6.45) is 6.52. The molecule has 0 saturated heterocycles. The first-order valence-electron chi connectivity index (χ1n) is 6.77. The van der Waals surface area contributed by atoms with Crippen LogP contribution in [0, 0.1) is 0 Å². The number of esters is 1. The van der Waals surface area contributed by atoms with Gasteiger partial charge in [0, 0.05) is 0 Å². The molecule has 1 aromatic carbocycles. The molecular formula is C16H18O4. The van der Waals surface area contributed by atoms with Gasteiger partial charge >= 0.3 is 11.9 Å². The Balaban J connectivity index is 2.10. The van der Waals surface area contributed by atoms with E-state index in [0.29, 0.717) is 5.56 Å². The molecule has 0 unspecified atom stereocenters. The number of carbonyl (C=O) groups excluding carboxylic acids is 1. The lowest BCUT2D eigenvalue weighted by Crippen LogP contribution is -2.35. The Hall–Kier alpha value is -2.10. The van der Waals surface area contributed by atoms with Crippen molar-refractivity contribution in [3.8, 4) is 0 Å². The van der Waals surface area contributed by atoms with E-state index in [4.69, 9.17) is 9.84 Å². The zero-order chi connectivity index (χ0) is 14.6. The van der Waals surface area contributed by atoms with Crippen molar-refractivity contribution < 1.29 is 19.4 Å². The summed E-state index contributed by atoms with van der Waals surface area (Å²) in [5.74, 6) is -1.44. The van der Waals surface area contributed by atoms with Gasteiger partial charge < -0.3 is 9.84 Å². The first kappa shape index (κ1) is 14.3. The highest BCUT2D eigenvalue weighted by atomic mass is 16.6. The average molecular weight is 274 g/mol. The molecule has 1 aliphatic rings. The third kappa shape index (κ3) is 3.07. The number of benzene rings is 1. The van der Waals surface area contributed by atoms with Crippen molar-refractivity contribution in [3.05, 3.63) is 48.0 Å². The number of hydrogen-bond donors (Lipinski definition) is 1. The maximum absolute atomic E-state index is 12.1. The van der Waals surface area contributed by atoms with Gasteiger partial charge in [-0.3, -0.25) is 0 Å². The molecule has 1 saturated carbocycles. The topological polar surface area (TPSA) is 63.6 Å². The van der Waals surface area contributed by atoms with Crippen LogP contribution >= 0.6 is 0 Å². The van der Waals surface area contributed by atoms with Crippen LogP contribution in [-0.4, -0.2) is 22.6 Å². The highest BCUT2D eigenvalue weighted by Gasteiger charge is 2.33. The minimum atomic E-state index is -1.01. The lowest BCUT2D eigenvalue weighted by atomic mass is 9.84. The number of carboxylic acid groups (broad SMARTS) is 1. The van der Waals surface area contributed by atoms with Crippen molar-refractivity contribution in [1.82, 2.24) is 0 Å². The second kappa shape index (κ2) is 5.90. The van der Waals surface area contributed by atoms with Gasteiger partial charge in [0.05, 0.1) is 11.1 Å². The van der Waals surface area contributed by atoms with E-state index in [1.807, 2.05) is 0 Å². The van der Waals surface area contributed by atoms with Crippen LogP contribution in [0.15, 0.2) is 36.9 Å². The van der Waals surface area contributed by atoms with Crippen molar-refractivity contribution >= 4 is 11.9 Å². The first-order chi connectivity index (χ1) is 9.56. The van der Waals surface area contributed by atoms with Gasteiger partial charge in [0.25, 0.3) is 0 Å². The van der Waals surface area contributed by atoms with Crippen LogP contribution in [0.25, 0.3) is 0 Å². The summed E-state index contributed by atoms with van der Waals surface area (Å²) in [5, 5.41) is 8.83. The normalized spacial score (nSPS) is 17.2. The van der Waals surface area contributed by atoms with Crippen LogP contribution < -0.4 is 0 Å². The molecule has 1 N–H and O–H groups in total. The van der Waals surface area contributed by atoms with Crippen molar-refractivity contribution in [2.45, 2.75) is 37.7 Å². The van der Waals surface area contributed by atoms with Crippen molar-refractivity contribution in [3.63, 3.8) is 0 Å². The van der Waals surface area contributed by atoms with E-state index in [2.05, 4.69) is 6.58 Å². The lowest BCUT2D eigenvalue weighted by Gasteiger charge is -2.33. The summed E-state index contributed by atoms with van der Waals surface area (Å²) in [6.45, 7) is 3.79. The number of ether oxygens (including phenoxy) is 1. The smallest absolute Gasteiger partial charge is 0.338 e. The molecule has 4 heteroatoms. The molecule has 1 aromatic rings. The predicted octanol–water partition coefficient (Wildman–Crippen LogP) is 3.43. The average Bonchev–Trinajstić information content (AvgIpc) is 2.48. The van der Waals surface area contributed by atoms with Gasteiger partial charge in [0.2, 0.25) is 0 Å². The van der Waals surface area contributed by atoms with Crippen LogP contribution in [0.5, 0.6) is 0 Å². The van der Waals surface area contributed by atoms with Crippen LogP contribution in [0.1, 0.15) is 52.8 Å². The van der Waals surface area contributed by atoms with E-state index >= 15 is 0 Å². The van der Waals surface area contributed by atoms with E-state index in [1.54, 1.807) is 6.08 Å². The fourth-order valence-corrected chi connectivity index (χ4v) is 2.49. The van der Waals surface area contributed by atoms with E-state index in [-0.39, 0.29) is 5.56 Å². The summed E-state index contributed by atoms with van der Waals surface area (Å²) < 4.78 is 5.61. The first-order valence-corrected chi connectivity index (χ1v) is 6.77. The van der Waals surface area contributed by atoms with Crippen LogP contribution in [-0.2, 0) is 4.74 Å². The highest BCUT2D eigenvalue weighted by molar-refractivity contribution is 5.92. The number of hydrogen-bond acceptors (Lipinski definition) is 3. The number of carboxylic acids is 1. The van der Waals surface area contributed by atoms with E-state index in [9.17, 15) is 9.59 Å². The Bertz CT molecular complexity index is 510. The van der Waals surface area contributed by atoms with Crippen molar-refractivity contribution in [2.75, 3.05) is 0 Å². The molecule has 0 amide bonds. The summed E-state index contributed by atoms with van der Waals surface area (Å²) >= 11 is 0. The van der Waals surface area contributed by atoms with Crippen molar-refractivity contribution in [2.24, 2.45) is 0 Å². The Kier molecular flexibility index (Phi) is 4.23. The Labute approximate surface area is 118 Å². The zero-order valence-electron chi connectivity index (χ0n) is 11.3. The molecule has 106 valence electrons. The van der Waals surface area contributed by atoms with Gasteiger partial charge in [0.1, 0.15) is 5.60 Å². The molecule has 0 bridgehead atoms. The SMILES string of the molecule is C=CC1(OC(=O)c2ccc(C(=O)O)cc2)CCCCC1. The highest BCUT2D eigenvalue weighted by Crippen LogP contribution is 2.33. The third-order valence-corrected chi connectivity index (χ3v) is 3.74. The van der Waals surface area contributed by atoms with Crippen LogP contribution in [0.3, 0.4) is 0 Å². The Morgan fingerprint density at radius 2 is 1.65 bits per heavy atom. The van der Waals surface area contributed by atoms with E-state index < -0.39 is 17.5 Å². The summed E-state index contributed by atoms with van der Waals surface area (Å²) in [6, 6.07) is 5.76. The molecule has 1 fully saturated rings. The quantitative estimate of drug-likeness (QED) is 0.675. The standard InChI is InChI=1S/C16H18O4/c1-2-16(10-4-3-5-11-16)20-15(19)13-8-6-12(7-9-13)14(17)18/h2,6-9H,1,3-5,10-11H2,(H,17,18). The number of carbonyl (C=O) groups is 2. The maximum atomic E-state index is 12.1. The summed E-state index contributed by atoms with van der Waals surface area (Å²) in [7, 11) is 0. The van der Waals surface area contributed by atoms with Gasteiger partial charge in [0.15, 0.2) is 0 Å². The summed E-state index contributed by atoms with van der Waals surface area (Å²) in [5.41, 5.74) is -0.0553. The maximum Gasteiger partial charge on any atom is 0.338 e. The molecule has 0 radical (unpaired) electrons. The minimum absolute atomic E-state index is 0.151. The predicted molar refractivity (Wildman–Crippen MR) is 74.8 cm³/mol. The van der Waals surface area contributed by atoms with E-state index in [0.717, 1.165) is 32.1 Å². The molecule has 1 aliphatic carbocycles. The Morgan fingerprint density at radius 3 is 2.15 bits per heavy atom. The monoisotopic (exact) mass is 274 g/mol. The summed E-state index contributed by atoms with van der Waals surface area (Å²) in [4.78, 5) is 22.9. The largest absolute Gasteiger partial charge is 0.478 e. The van der Waals surface area contributed by atoms with Crippen LogP contribution in [0.2, 0.25) is 0 Å². The second-order valence-corrected chi connectivity index (χ2v) is 5.10. The molecule has 20 heavy (non-hydrogen) atoms. The van der Waals surface area contributed by atoms with Gasteiger partial charge in [-0.15, -0.1) is 0 Å². The van der Waals surface area contributed by atoms with Gasteiger partial charge in [-0.1, -0.05) is 13.0 Å². The molecule has 0 spiro atoms. The second-order valence-electron chi connectivity index (χ2n) is 5.10.